The molecule has 0 saturated carbocycles. The molecule has 0 aliphatic carbocycles. The smallest absolute Gasteiger partial charge is 0.337 e. The number of aromatic carboxylic acids is 1. The van der Waals surface area contributed by atoms with Crippen LogP contribution in [-0.4, -0.2) is 22.8 Å². The van der Waals surface area contributed by atoms with Crippen molar-refractivity contribution in [3.05, 3.63) is 50.7 Å². The molecule has 0 amide bonds. The average Bonchev–Trinajstić information content (AvgIpc) is 2.72. The van der Waals surface area contributed by atoms with Crippen LogP contribution in [0.5, 0.6) is 5.75 Å². The van der Waals surface area contributed by atoms with E-state index in [4.69, 9.17) is 9.84 Å². The Morgan fingerprint density at radius 3 is 2.68 bits per heavy atom. The van der Waals surface area contributed by atoms with Gasteiger partial charge in [0.2, 0.25) is 0 Å². The van der Waals surface area contributed by atoms with Crippen molar-refractivity contribution in [2.45, 2.75) is 6.54 Å². The average molecular weight is 389 g/mol. The first kappa shape index (κ1) is 14.1. The summed E-state index contributed by atoms with van der Waals surface area (Å²) in [5, 5.41) is 8.97. The number of carbonyl (C=O) groups is 1. The molecule has 0 atom stereocenters. The number of ether oxygens (including phenoxy) is 1. The van der Waals surface area contributed by atoms with Crippen molar-refractivity contribution in [1.82, 2.24) is 4.57 Å². The van der Waals surface area contributed by atoms with Gasteiger partial charge in [0.15, 0.2) is 0 Å². The Labute approximate surface area is 127 Å². The zero-order chi connectivity index (χ0) is 14.0. The van der Waals surface area contributed by atoms with Gasteiger partial charge in [-0.05, 0) is 40.2 Å². The number of rotatable bonds is 4. The van der Waals surface area contributed by atoms with E-state index in [1.807, 2.05) is 22.8 Å². The van der Waals surface area contributed by atoms with E-state index >= 15 is 0 Å². The number of hydrogen-bond acceptors (Lipinski definition) is 2. The van der Waals surface area contributed by atoms with Gasteiger partial charge in [0.05, 0.1) is 23.8 Å². The summed E-state index contributed by atoms with van der Waals surface area (Å²) in [5.74, 6) is -0.179. The van der Waals surface area contributed by atoms with Gasteiger partial charge in [-0.15, -0.1) is 0 Å². The lowest BCUT2D eigenvalue weighted by molar-refractivity contribution is 0.0697. The van der Waals surface area contributed by atoms with Gasteiger partial charge < -0.3 is 14.4 Å². The number of hydrogen-bond donors (Lipinski definition) is 1. The SMILES string of the molecule is COc1ccc(Br)cc1Cn1cc(C(=O)O)cc1Br. The van der Waals surface area contributed by atoms with Gasteiger partial charge in [-0.1, -0.05) is 15.9 Å². The van der Waals surface area contributed by atoms with Gasteiger partial charge in [0, 0.05) is 16.2 Å². The van der Waals surface area contributed by atoms with Crippen LogP contribution in [0.1, 0.15) is 15.9 Å². The first-order valence-corrected chi connectivity index (χ1v) is 7.01. The summed E-state index contributed by atoms with van der Waals surface area (Å²) >= 11 is 6.77. The summed E-state index contributed by atoms with van der Waals surface area (Å²) in [4.78, 5) is 10.9. The molecule has 1 N–H and O–H groups in total. The molecule has 0 unspecified atom stereocenters. The van der Waals surface area contributed by atoms with Gasteiger partial charge in [-0.3, -0.25) is 0 Å². The molecule has 100 valence electrons. The number of nitrogens with zero attached hydrogens (tertiary/aromatic N) is 1. The molecule has 1 aromatic carbocycles. The number of carboxylic acid groups (broad SMARTS) is 1. The fraction of sp³-hybridized carbons (Fsp3) is 0.154. The number of halogens is 2. The van der Waals surface area contributed by atoms with Crippen LogP contribution in [0.3, 0.4) is 0 Å². The molecule has 0 saturated heterocycles. The minimum Gasteiger partial charge on any atom is -0.496 e. The van der Waals surface area contributed by atoms with Crippen LogP contribution < -0.4 is 4.74 Å². The first-order valence-electron chi connectivity index (χ1n) is 5.42. The van der Waals surface area contributed by atoms with Crippen molar-refractivity contribution in [3.63, 3.8) is 0 Å². The monoisotopic (exact) mass is 387 g/mol. The number of methoxy groups -OCH3 is 1. The van der Waals surface area contributed by atoms with Crippen LogP contribution in [0.15, 0.2) is 39.5 Å². The molecule has 2 rings (SSSR count). The summed E-state index contributed by atoms with van der Waals surface area (Å²) in [6, 6.07) is 7.29. The molecular weight excluding hydrogens is 378 g/mol. The molecule has 2 aromatic rings. The summed E-state index contributed by atoms with van der Waals surface area (Å²) < 4.78 is 8.78. The molecule has 1 heterocycles. The maximum Gasteiger partial charge on any atom is 0.337 e. The Morgan fingerprint density at radius 2 is 2.11 bits per heavy atom. The highest BCUT2D eigenvalue weighted by molar-refractivity contribution is 9.10. The minimum absolute atomic E-state index is 0.251. The van der Waals surface area contributed by atoms with Crippen molar-refractivity contribution >= 4 is 37.8 Å². The second kappa shape index (κ2) is 5.79. The fourth-order valence-corrected chi connectivity index (χ4v) is 2.65. The molecule has 0 radical (unpaired) electrons. The number of benzene rings is 1. The van der Waals surface area contributed by atoms with E-state index in [0.717, 1.165) is 15.8 Å². The standard InChI is InChI=1S/C13H11Br2NO3/c1-19-11-3-2-10(14)4-8(11)6-16-7-9(13(17)18)5-12(16)15/h2-5,7H,6H2,1H3,(H,17,18). The van der Waals surface area contributed by atoms with Crippen LogP contribution in [-0.2, 0) is 6.54 Å². The van der Waals surface area contributed by atoms with E-state index in [9.17, 15) is 4.79 Å². The summed E-state index contributed by atoms with van der Waals surface area (Å²) in [5.41, 5.74) is 1.21. The van der Waals surface area contributed by atoms with Crippen molar-refractivity contribution in [2.24, 2.45) is 0 Å². The van der Waals surface area contributed by atoms with Crippen molar-refractivity contribution in [3.8, 4) is 5.75 Å². The topological polar surface area (TPSA) is 51.5 Å². The first-order chi connectivity index (χ1) is 9.01. The van der Waals surface area contributed by atoms with Gasteiger partial charge in [-0.2, -0.15) is 0 Å². The lowest BCUT2D eigenvalue weighted by Gasteiger charge is -2.10. The van der Waals surface area contributed by atoms with Crippen LogP contribution in [0.4, 0.5) is 0 Å². The van der Waals surface area contributed by atoms with Gasteiger partial charge in [0.25, 0.3) is 0 Å². The highest BCUT2D eigenvalue weighted by Gasteiger charge is 2.11. The molecule has 0 fully saturated rings. The molecule has 6 heteroatoms. The Hall–Kier alpha value is -1.27. The molecule has 1 aromatic heterocycles. The minimum atomic E-state index is -0.944. The second-order valence-corrected chi connectivity index (χ2v) is 5.67. The lowest BCUT2D eigenvalue weighted by atomic mass is 10.2. The Morgan fingerprint density at radius 1 is 1.37 bits per heavy atom. The van der Waals surface area contributed by atoms with Gasteiger partial charge >= 0.3 is 5.97 Å². The third-order valence-electron chi connectivity index (χ3n) is 2.67. The largest absolute Gasteiger partial charge is 0.496 e. The van der Waals surface area contributed by atoms with Crippen LogP contribution in [0.2, 0.25) is 0 Å². The highest BCUT2D eigenvalue weighted by Crippen LogP contribution is 2.26. The Balaban J connectivity index is 2.35. The molecule has 0 bridgehead atoms. The molecule has 0 aliphatic heterocycles. The van der Waals surface area contributed by atoms with E-state index in [0.29, 0.717) is 11.1 Å². The lowest BCUT2D eigenvalue weighted by Crippen LogP contribution is -2.01. The molecule has 0 spiro atoms. The summed E-state index contributed by atoms with van der Waals surface area (Å²) in [6.45, 7) is 0.524. The number of carboxylic acids is 1. The Bertz CT molecular complexity index is 622. The normalized spacial score (nSPS) is 10.5. The molecule has 0 aliphatic rings. The number of aromatic nitrogens is 1. The van der Waals surface area contributed by atoms with Crippen LogP contribution in [0, 0.1) is 0 Å². The molecular formula is C13H11Br2NO3. The van der Waals surface area contributed by atoms with Gasteiger partial charge in [0.1, 0.15) is 5.75 Å². The van der Waals surface area contributed by atoms with Crippen molar-refractivity contribution in [2.75, 3.05) is 7.11 Å². The zero-order valence-corrected chi connectivity index (χ0v) is 13.2. The molecule has 4 nitrogen and oxygen atoms in total. The van der Waals surface area contributed by atoms with E-state index < -0.39 is 5.97 Å². The van der Waals surface area contributed by atoms with Gasteiger partial charge in [-0.25, -0.2) is 4.79 Å². The van der Waals surface area contributed by atoms with Crippen LogP contribution >= 0.6 is 31.9 Å². The summed E-state index contributed by atoms with van der Waals surface area (Å²) in [6.07, 6.45) is 1.59. The quantitative estimate of drug-likeness (QED) is 0.867. The van der Waals surface area contributed by atoms with E-state index in [1.54, 1.807) is 19.4 Å². The predicted octanol–water partition coefficient (Wildman–Crippen LogP) is 3.77. The third-order valence-corrected chi connectivity index (χ3v) is 3.85. The van der Waals surface area contributed by atoms with Crippen LogP contribution in [0.25, 0.3) is 0 Å². The van der Waals surface area contributed by atoms with E-state index in [2.05, 4.69) is 31.9 Å². The zero-order valence-electron chi connectivity index (χ0n) is 10.1. The van der Waals surface area contributed by atoms with E-state index in [1.165, 1.54) is 0 Å². The Kier molecular flexibility index (Phi) is 4.31. The van der Waals surface area contributed by atoms with E-state index in [-0.39, 0.29) is 5.56 Å². The predicted molar refractivity (Wildman–Crippen MR) is 78.9 cm³/mol. The molecule has 19 heavy (non-hydrogen) atoms. The van der Waals surface area contributed by atoms with Crippen molar-refractivity contribution < 1.29 is 14.6 Å². The third kappa shape index (κ3) is 3.19. The van der Waals surface area contributed by atoms with Crippen molar-refractivity contribution in [1.29, 1.82) is 0 Å². The highest BCUT2D eigenvalue weighted by atomic mass is 79.9. The second-order valence-electron chi connectivity index (χ2n) is 3.94. The maximum absolute atomic E-state index is 10.9. The maximum atomic E-state index is 10.9. The summed E-state index contributed by atoms with van der Waals surface area (Å²) in [7, 11) is 1.61. The fourth-order valence-electron chi connectivity index (χ4n) is 1.77.